The summed E-state index contributed by atoms with van der Waals surface area (Å²) in [6.07, 6.45) is 0. The molecule has 0 radical (unpaired) electrons. The number of hydrogen-bond acceptors (Lipinski definition) is 3. The molecule has 1 aliphatic rings. The molecule has 1 aromatic rings. The Bertz CT molecular complexity index is 448. The lowest BCUT2D eigenvalue weighted by molar-refractivity contribution is 0.0591. The van der Waals surface area contributed by atoms with E-state index >= 15 is 0 Å². The van der Waals surface area contributed by atoms with Gasteiger partial charge in [0.1, 0.15) is 5.75 Å². The van der Waals surface area contributed by atoms with Crippen LogP contribution in [0.5, 0.6) is 5.75 Å². The highest BCUT2D eigenvalue weighted by molar-refractivity contribution is 9.10. The third-order valence-corrected chi connectivity index (χ3v) is 4.56. The summed E-state index contributed by atoms with van der Waals surface area (Å²) in [5.41, 5.74) is 1.62. The fraction of sp³-hybridized carbons (Fsp3) is 0.625. The predicted molar refractivity (Wildman–Crippen MR) is 87.3 cm³/mol. The Morgan fingerprint density at radius 2 is 1.80 bits per heavy atom. The first kappa shape index (κ1) is 15.8. The van der Waals surface area contributed by atoms with Crippen LogP contribution in [0, 0.1) is 0 Å². The van der Waals surface area contributed by atoms with Crippen molar-refractivity contribution in [1.82, 2.24) is 9.80 Å². The van der Waals surface area contributed by atoms with Gasteiger partial charge in [0.05, 0.1) is 11.6 Å². The number of rotatable bonds is 3. The number of benzene rings is 1. The molecule has 0 spiro atoms. The highest BCUT2D eigenvalue weighted by Crippen LogP contribution is 2.26. The number of nitrogens with zero attached hydrogens (tertiary/aromatic N) is 2. The summed E-state index contributed by atoms with van der Waals surface area (Å²) in [6.45, 7) is 12.5. The van der Waals surface area contributed by atoms with Gasteiger partial charge in [-0.3, -0.25) is 9.80 Å². The molecular formula is C16H25BrN2O. The lowest BCUT2D eigenvalue weighted by Crippen LogP contribution is -2.53. The van der Waals surface area contributed by atoms with Gasteiger partial charge in [-0.2, -0.15) is 0 Å². The third kappa shape index (κ3) is 3.96. The van der Waals surface area contributed by atoms with Crippen LogP contribution in [0.25, 0.3) is 0 Å². The van der Waals surface area contributed by atoms with E-state index in [0.29, 0.717) is 0 Å². The van der Waals surface area contributed by atoms with Gasteiger partial charge < -0.3 is 4.74 Å². The van der Waals surface area contributed by atoms with E-state index in [4.69, 9.17) is 4.74 Å². The summed E-state index contributed by atoms with van der Waals surface area (Å²) in [5.74, 6) is 0.895. The zero-order valence-corrected chi connectivity index (χ0v) is 14.5. The van der Waals surface area contributed by atoms with E-state index in [-0.39, 0.29) is 5.54 Å². The molecule has 0 saturated carbocycles. The first-order valence-corrected chi connectivity index (χ1v) is 7.99. The van der Waals surface area contributed by atoms with Gasteiger partial charge >= 0.3 is 0 Å². The van der Waals surface area contributed by atoms with Gasteiger partial charge in [-0.25, -0.2) is 0 Å². The van der Waals surface area contributed by atoms with Crippen LogP contribution in [-0.4, -0.2) is 48.6 Å². The minimum Gasteiger partial charge on any atom is -0.496 e. The predicted octanol–water partition coefficient (Wildman–Crippen LogP) is 3.37. The Labute approximate surface area is 131 Å². The van der Waals surface area contributed by atoms with Crippen molar-refractivity contribution in [1.29, 1.82) is 0 Å². The second-order valence-electron chi connectivity index (χ2n) is 6.40. The number of methoxy groups -OCH3 is 1. The van der Waals surface area contributed by atoms with E-state index in [1.807, 2.05) is 6.07 Å². The van der Waals surface area contributed by atoms with Crippen molar-refractivity contribution in [2.45, 2.75) is 32.9 Å². The number of hydrogen-bond donors (Lipinski definition) is 0. The molecule has 1 saturated heterocycles. The lowest BCUT2D eigenvalue weighted by atomic mass is 10.0. The Balaban J connectivity index is 1.91. The van der Waals surface area contributed by atoms with Gasteiger partial charge in [0.15, 0.2) is 0 Å². The van der Waals surface area contributed by atoms with Crippen LogP contribution < -0.4 is 4.74 Å². The lowest BCUT2D eigenvalue weighted by Gasteiger charge is -2.42. The molecule has 0 aliphatic carbocycles. The summed E-state index contributed by atoms with van der Waals surface area (Å²) in [7, 11) is 1.70. The first-order chi connectivity index (χ1) is 9.40. The number of halogens is 1. The van der Waals surface area contributed by atoms with Crippen molar-refractivity contribution in [3.63, 3.8) is 0 Å². The summed E-state index contributed by atoms with van der Waals surface area (Å²) in [4.78, 5) is 5.09. The topological polar surface area (TPSA) is 15.7 Å². The maximum absolute atomic E-state index is 5.27. The standard InChI is InChI=1S/C16H25BrN2O/c1-16(2,3)19-9-7-18(8-10-19)12-13-5-6-15(20-4)14(17)11-13/h5-6,11H,7-10,12H2,1-4H3. The molecule has 0 N–H and O–H groups in total. The number of piperazine rings is 1. The Kier molecular flexibility index (Phi) is 5.10. The molecule has 1 fully saturated rings. The smallest absolute Gasteiger partial charge is 0.133 e. The van der Waals surface area contributed by atoms with Gasteiger partial charge in [0.2, 0.25) is 0 Å². The van der Waals surface area contributed by atoms with Crippen LogP contribution in [0.4, 0.5) is 0 Å². The highest BCUT2D eigenvalue weighted by atomic mass is 79.9. The van der Waals surface area contributed by atoms with Crippen molar-refractivity contribution in [2.75, 3.05) is 33.3 Å². The zero-order chi connectivity index (χ0) is 14.8. The summed E-state index contributed by atoms with van der Waals surface area (Å²) >= 11 is 3.56. The largest absolute Gasteiger partial charge is 0.496 e. The monoisotopic (exact) mass is 340 g/mol. The van der Waals surface area contributed by atoms with Crippen LogP contribution in [0.1, 0.15) is 26.3 Å². The van der Waals surface area contributed by atoms with Crippen LogP contribution in [0.2, 0.25) is 0 Å². The van der Waals surface area contributed by atoms with Crippen LogP contribution in [-0.2, 0) is 6.54 Å². The van der Waals surface area contributed by atoms with Crippen LogP contribution in [0.3, 0.4) is 0 Å². The zero-order valence-electron chi connectivity index (χ0n) is 12.9. The summed E-state index contributed by atoms with van der Waals surface area (Å²) in [5, 5.41) is 0. The normalized spacial score (nSPS) is 18.2. The third-order valence-electron chi connectivity index (χ3n) is 3.94. The molecule has 0 bridgehead atoms. The Morgan fingerprint density at radius 3 is 2.30 bits per heavy atom. The van der Waals surface area contributed by atoms with E-state index in [9.17, 15) is 0 Å². The average molecular weight is 341 g/mol. The minimum atomic E-state index is 0.287. The van der Waals surface area contributed by atoms with Gasteiger partial charge in [-0.1, -0.05) is 6.07 Å². The fourth-order valence-corrected chi connectivity index (χ4v) is 3.23. The molecule has 4 heteroatoms. The van der Waals surface area contributed by atoms with Gasteiger partial charge in [-0.05, 0) is 54.4 Å². The van der Waals surface area contributed by atoms with Crippen LogP contribution in [0.15, 0.2) is 22.7 Å². The molecule has 3 nitrogen and oxygen atoms in total. The van der Waals surface area contributed by atoms with Gasteiger partial charge in [0, 0.05) is 38.3 Å². The van der Waals surface area contributed by atoms with Crippen LogP contribution >= 0.6 is 15.9 Å². The Morgan fingerprint density at radius 1 is 1.15 bits per heavy atom. The molecule has 1 aromatic carbocycles. The first-order valence-electron chi connectivity index (χ1n) is 7.20. The molecule has 112 valence electrons. The Hall–Kier alpha value is -0.580. The fourth-order valence-electron chi connectivity index (χ4n) is 2.64. The van der Waals surface area contributed by atoms with E-state index in [0.717, 1.165) is 42.9 Å². The molecule has 2 rings (SSSR count). The molecule has 0 amide bonds. The maximum atomic E-state index is 5.27. The molecule has 1 aliphatic heterocycles. The second-order valence-corrected chi connectivity index (χ2v) is 7.26. The summed E-state index contributed by atoms with van der Waals surface area (Å²) in [6, 6.07) is 6.35. The maximum Gasteiger partial charge on any atom is 0.133 e. The average Bonchev–Trinajstić information content (AvgIpc) is 2.38. The molecule has 0 atom stereocenters. The van der Waals surface area contributed by atoms with Crippen molar-refractivity contribution >= 4 is 15.9 Å². The van der Waals surface area contributed by atoms with Crippen molar-refractivity contribution in [3.05, 3.63) is 28.2 Å². The van der Waals surface area contributed by atoms with Gasteiger partial charge in [0.25, 0.3) is 0 Å². The van der Waals surface area contributed by atoms with E-state index in [1.165, 1.54) is 5.56 Å². The molecule has 0 unspecified atom stereocenters. The molecular weight excluding hydrogens is 316 g/mol. The summed E-state index contributed by atoms with van der Waals surface area (Å²) < 4.78 is 6.31. The van der Waals surface area contributed by atoms with E-state index in [2.05, 4.69) is 58.6 Å². The van der Waals surface area contributed by atoms with Gasteiger partial charge in [-0.15, -0.1) is 0 Å². The molecule has 0 aromatic heterocycles. The van der Waals surface area contributed by atoms with Crippen molar-refractivity contribution in [2.24, 2.45) is 0 Å². The second kappa shape index (κ2) is 6.46. The van der Waals surface area contributed by atoms with Crippen molar-refractivity contribution < 1.29 is 4.74 Å². The SMILES string of the molecule is COc1ccc(CN2CCN(C(C)(C)C)CC2)cc1Br. The minimum absolute atomic E-state index is 0.287. The van der Waals surface area contributed by atoms with E-state index in [1.54, 1.807) is 7.11 Å². The molecule has 1 heterocycles. The van der Waals surface area contributed by atoms with Crippen molar-refractivity contribution in [3.8, 4) is 5.75 Å². The molecule has 20 heavy (non-hydrogen) atoms. The quantitative estimate of drug-likeness (QED) is 0.838. The number of ether oxygens (including phenoxy) is 1. The van der Waals surface area contributed by atoms with E-state index < -0.39 is 0 Å². The highest BCUT2D eigenvalue weighted by Gasteiger charge is 2.25.